The molecule has 0 bridgehead atoms. The van der Waals surface area contributed by atoms with Crippen LogP contribution in [-0.4, -0.2) is 50.8 Å². The largest absolute Gasteiger partial charge is 0.493 e. The number of fused-ring (bicyclic) bond motifs is 5. The lowest BCUT2D eigenvalue weighted by Crippen LogP contribution is -2.48. The molecule has 7 nitrogen and oxygen atoms in total. The highest BCUT2D eigenvalue weighted by molar-refractivity contribution is 6.32. The summed E-state index contributed by atoms with van der Waals surface area (Å²) in [5.41, 5.74) is 1.74. The van der Waals surface area contributed by atoms with E-state index in [9.17, 15) is 14.4 Å². The summed E-state index contributed by atoms with van der Waals surface area (Å²) in [5.74, 6) is -0.703. The molecule has 1 spiro atoms. The first kappa shape index (κ1) is 26.7. The molecule has 1 fully saturated rings. The van der Waals surface area contributed by atoms with Gasteiger partial charge in [0.15, 0.2) is 28.8 Å². The number of methoxy groups -OCH3 is 3. The highest BCUT2D eigenvalue weighted by atomic mass is 16.5. The van der Waals surface area contributed by atoms with Gasteiger partial charge in [0.25, 0.3) is 0 Å². The quantitative estimate of drug-likeness (QED) is 0.207. The summed E-state index contributed by atoms with van der Waals surface area (Å²) in [4.78, 5) is 46.5. The number of anilines is 1. The maximum absolute atomic E-state index is 14.9. The van der Waals surface area contributed by atoms with Gasteiger partial charge in [-0.1, -0.05) is 91.0 Å². The van der Waals surface area contributed by atoms with Crippen molar-refractivity contribution in [1.29, 1.82) is 0 Å². The van der Waals surface area contributed by atoms with Crippen LogP contribution in [0, 0.1) is 5.41 Å². The van der Waals surface area contributed by atoms with E-state index in [4.69, 9.17) is 14.2 Å². The molecular weight excluding hydrogens is 542 g/mol. The molecule has 3 atom stereocenters. The van der Waals surface area contributed by atoms with E-state index in [1.165, 1.54) is 21.3 Å². The highest BCUT2D eigenvalue weighted by Crippen LogP contribution is 2.63. The lowest BCUT2D eigenvalue weighted by molar-refractivity contribution is 0.0664. The maximum Gasteiger partial charge on any atom is 0.203 e. The molecule has 0 radical (unpaired) electrons. The topological polar surface area (TPSA) is 82.1 Å². The van der Waals surface area contributed by atoms with E-state index in [1.807, 2.05) is 59.5 Å². The summed E-state index contributed by atoms with van der Waals surface area (Å²) in [6.45, 7) is 0. The predicted molar refractivity (Wildman–Crippen MR) is 163 cm³/mol. The fourth-order valence-electron chi connectivity index (χ4n) is 7.40. The van der Waals surface area contributed by atoms with E-state index in [-0.39, 0.29) is 17.3 Å². The number of para-hydroxylation sites is 1. The summed E-state index contributed by atoms with van der Waals surface area (Å²) in [7, 11) is 4.54. The molecule has 0 saturated carbocycles. The normalized spacial score (nSPS) is 20.9. The van der Waals surface area contributed by atoms with Crippen molar-refractivity contribution in [3.8, 4) is 17.2 Å². The molecule has 43 heavy (non-hydrogen) atoms. The Morgan fingerprint density at radius 3 is 2.00 bits per heavy atom. The average Bonchev–Trinajstić information content (AvgIpc) is 3.49. The molecule has 214 valence electrons. The van der Waals surface area contributed by atoms with Crippen LogP contribution >= 0.6 is 0 Å². The van der Waals surface area contributed by atoms with Crippen LogP contribution < -0.4 is 19.1 Å². The number of ketones is 3. The minimum atomic E-state index is -1.66. The Morgan fingerprint density at radius 1 is 0.721 bits per heavy atom. The number of ether oxygens (including phenoxy) is 3. The molecule has 7 heteroatoms. The second-order valence-corrected chi connectivity index (χ2v) is 10.9. The van der Waals surface area contributed by atoms with Gasteiger partial charge < -0.3 is 19.1 Å². The maximum atomic E-state index is 14.9. The van der Waals surface area contributed by atoms with Gasteiger partial charge in [-0.15, -0.1) is 0 Å². The molecule has 4 aromatic rings. The van der Waals surface area contributed by atoms with Crippen LogP contribution in [0.1, 0.15) is 48.1 Å². The summed E-state index contributed by atoms with van der Waals surface area (Å²) in [6.07, 6.45) is 3.85. The van der Waals surface area contributed by atoms with Crippen LogP contribution in [0.4, 0.5) is 5.69 Å². The van der Waals surface area contributed by atoms with E-state index in [1.54, 1.807) is 48.5 Å². The Labute approximate surface area is 249 Å². The first-order valence-electron chi connectivity index (χ1n) is 14.1. The molecule has 2 heterocycles. The van der Waals surface area contributed by atoms with Gasteiger partial charge in [-0.05, 0) is 17.7 Å². The number of rotatable bonds is 6. The fourth-order valence-corrected chi connectivity index (χ4v) is 7.40. The zero-order valence-corrected chi connectivity index (χ0v) is 23.9. The van der Waals surface area contributed by atoms with Crippen molar-refractivity contribution in [1.82, 2.24) is 0 Å². The Bertz CT molecular complexity index is 1790. The lowest BCUT2D eigenvalue weighted by atomic mass is 9.64. The lowest BCUT2D eigenvalue weighted by Gasteiger charge is -2.37. The smallest absolute Gasteiger partial charge is 0.203 e. The number of hydrogen-bond donors (Lipinski definition) is 0. The van der Waals surface area contributed by atoms with E-state index < -0.39 is 23.4 Å². The number of carbonyl (C=O) groups excluding carboxylic acids is 3. The molecule has 7 rings (SSSR count). The van der Waals surface area contributed by atoms with Gasteiger partial charge in [0.2, 0.25) is 5.75 Å². The second-order valence-electron chi connectivity index (χ2n) is 10.9. The molecule has 0 unspecified atom stereocenters. The molecular formula is C36H29NO6. The molecule has 4 aromatic carbocycles. The number of hydrogen-bond acceptors (Lipinski definition) is 7. The van der Waals surface area contributed by atoms with Crippen LogP contribution in [0.15, 0.2) is 97.1 Å². The van der Waals surface area contributed by atoms with E-state index in [0.29, 0.717) is 39.5 Å². The number of carbonyl (C=O) groups is 3. The summed E-state index contributed by atoms with van der Waals surface area (Å²) in [6, 6.07) is 25.5. The molecule has 0 N–H and O–H groups in total. The van der Waals surface area contributed by atoms with Crippen LogP contribution in [0.3, 0.4) is 0 Å². The first-order valence-corrected chi connectivity index (χ1v) is 14.1. The average molecular weight is 572 g/mol. The third-order valence-electron chi connectivity index (χ3n) is 9.11. The minimum Gasteiger partial charge on any atom is -0.493 e. The zero-order valence-electron chi connectivity index (χ0n) is 23.9. The van der Waals surface area contributed by atoms with Crippen molar-refractivity contribution in [2.24, 2.45) is 5.41 Å². The van der Waals surface area contributed by atoms with Gasteiger partial charge in [0, 0.05) is 33.9 Å². The number of Topliss-reactive ketones (excluding diaryl/α,β-unsaturated/α-hetero) is 3. The summed E-state index contributed by atoms with van der Waals surface area (Å²) < 4.78 is 17.3. The number of nitrogens with zero attached hydrogens (tertiary/aromatic N) is 1. The second kappa shape index (κ2) is 9.98. The molecule has 1 aliphatic carbocycles. The third-order valence-corrected chi connectivity index (χ3v) is 9.11. The number of benzene rings is 4. The first-order chi connectivity index (χ1) is 21.0. The van der Waals surface area contributed by atoms with Crippen molar-refractivity contribution >= 4 is 29.1 Å². The van der Waals surface area contributed by atoms with Gasteiger partial charge in [-0.3, -0.25) is 14.4 Å². The Kier molecular flexibility index (Phi) is 6.20. The minimum absolute atomic E-state index is 0.203. The molecule has 2 aliphatic heterocycles. The monoisotopic (exact) mass is 571 g/mol. The Morgan fingerprint density at radius 2 is 1.35 bits per heavy atom. The van der Waals surface area contributed by atoms with Gasteiger partial charge in [0.1, 0.15) is 11.5 Å². The standard InChI is InChI=1S/C36H29NO6/c1-41-27-19-18-25(32(42-2)33(27)43-3)29-30(31(38)22-12-5-4-6-13-22)37-26-16-10-7-11-21(26)17-20-28(37)36(29)34(39)23-14-8-9-15-24(23)35(36)40/h4-20,28-30H,1-3H3/t28-,29-,30-/m1/s1. The molecule has 0 amide bonds. The molecule has 1 saturated heterocycles. The van der Waals surface area contributed by atoms with Crippen molar-refractivity contribution in [3.63, 3.8) is 0 Å². The predicted octanol–water partition coefficient (Wildman–Crippen LogP) is 6.03. The van der Waals surface area contributed by atoms with Crippen molar-refractivity contribution < 1.29 is 28.6 Å². The van der Waals surface area contributed by atoms with Crippen LogP contribution in [-0.2, 0) is 0 Å². The van der Waals surface area contributed by atoms with E-state index >= 15 is 0 Å². The van der Waals surface area contributed by atoms with Crippen molar-refractivity contribution in [3.05, 3.63) is 125 Å². The summed E-state index contributed by atoms with van der Waals surface area (Å²) in [5, 5.41) is 0. The van der Waals surface area contributed by atoms with Crippen molar-refractivity contribution in [2.75, 3.05) is 26.2 Å². The van der Waals surface area contributed by atoms with Gasteiger partial charge in [-0.25, -0.2) is 0 Å². The Balaban J connectivity index is 1.59. The van der Waals surface area contributed by atoms with Crippen LogP contribution in [0.5, 0.6) is 17.2 Å². The van der Waals surface area contributed by atoms with Crippen LogP contribution in [0.2, 0.25) is 0 Å². The molecule has 0 aromatic heterocycles. The zero-order chi connectivity index (χ0) is 29.9. The van der Waals surface area contributed by atoms with Crippen molar-refractivity contribution in [2.45, 2.75) is 18.0 Å². The summed E-state index contributed by atoms with van der Waals surface area (Å²) >= 11 is 0. The SMILES string of the molecule is COc1ccc([C@@H]2[C@H](C(=O)c3ccccc3)N3c4ccccc4C=C[C@@H]3C23C(=O)c2ccccc2C3=O)c(OC)c1OC. The third kappa shape index (κ3) is 3.51. The van der Waals surface area contributed by atoms with Gasteiger partial charge >= 0.3 is 0 Å². The van der Waals surface area contributed by atoms with E-state index in [0.717, 1.165) is 11.3 Å². The van der Waals surface area contributed by atoms with E-state index in [2.05, 4.69) is 0 Å². The highest BCUT2D eigenvalue weighted by Gasteiger charge is 2.72. The van der Waals surface area contributed by atoms with Gasteiger partial charge in [-0.2, -0.15) is 0 Å². The Hall–Kier alpha value is -5.17. The molecule has 3 aliphatic rings. The van der Waals surface area contributed by atoms with Gasteiger partial charge in [0.05, 0.1) is 27.4 Å². The van der Waals surface area contributed by atoms with Crippen LogP contribution in [0.25, 0.3) is 6.08 Å². The fraction of sp³-hybridized carbons (Fsp3) is 0.194.